The fourth-order valence-electron chi connectivity index (χ4n) is 1.68. The van der Waals surface area contributed by atoms with Crippen molar-refractivity contribution >= 4 is 29.1 Å². The van der Waals surface area contributed by atoms with E-state index in [1.807, 2.05) is 0 Å². The number of amides is 2. The minimum absolute atomic E-state index is 0.00940. The van der Waals surface area contributed by atoms with Crippen molar-refractivity contribution in [2.45, 2.75) is 24.8 Å². The van der Waals surface area contributed by atoms with E-state index in [0.717, 1.165) is 0 Å². The lowest BCUT2D eigenvalue weighted by Crippen LogP contribution is -2.47. The summed E-state index contributed by atoms with van der Waals surface area (Å²) in [5.41, 5.74) is 0.543. The van der Waals surface area contributed by atoms with Crippen LogP contribution in [0.4, 0.5) is 10.1 Å². The van der Waals surface area contributed by atoms with Crippen molar-refractivity contribution in [1.82, 2.24) is 10.3 Å². The van der Waals surface area contributed by atoms with Crippen LogP contribution < -0.4 is 10.6 Å². The molecule has 0 bridgehead atoms. The summed E-state index contributed by atoms with van der Waals surface area (Å²) in [6.45, 7) is 0. The van der Waals surface area contributed by atoms with E-state index in [-0.39, 0.29) is 23.9 Å². The van der Waals surface area contributed by atoms with E-state index in [0.29, 0.717) is 12.1 Å². The summed E-state index contributed by atoms with van der Waals surface area (Å²) in [6, 6.07) is 0.680. The Bertz CT molecular complexity index is 495. The van der Waals surface area contributed by atoms with Crippen molar-refractivity contribution < 1.29 is 14.0 Å². The van der Waals surface area contributed by atoms with Gasteiger partial charge >= 0.3 is 0 Å². The van der Waals surface area contributed by atoms with Gasteiger partial charge in [0.15, 0.2) is 0 Å². The minimum atomic E-state index is -0.550. The van der Waals surface area contributed by atoms with Gasteiger partial charge < -0.3 is 5.32 Å². The highest BCUT2D eigenvalue weighted by atomic mass is 35.5. The normalized spacial score (nSPS) is 19.6. The highest BCUT2D eigenvalue weighted by molar-refractivity contribution is 6.16. The third kappa shape index (κ3) is 2.76. The van der Waals surface area contributed by atoms with Crippen molar-refractivity contribution in [1.29, 1.82) is 0 Å². The lowest BCUT2D eigenvalue weighted by molar-refractivity contribution is -0.133. The number of pyridine rings is 1. The number of aromatic nitrogens is 1. The van der Waals surface area contributed by atoms with Crippen LogP contribution in [0.25, 0.3) is 0 Å². The van der Waals surface area contributed by atoms with Gasteiger partial charge in [-0.25, -0.2) is 4.39 Å². The Labute approximate surface area is 108 Å². The molecule has 2 heterocycles. The third-order valence-corrected chi connectivity index (χ3v) is 2.88. The fraction of sp³-hybridized carbons (Fsp3) is 0.364. The Hall–Kier alpha value is -1.69. The van der Waals surface area contributed by atoms with Gasteiger partial charge in [0, 0.05) is 12.5 Å². The average Bonchev–Trinajstić information content (AvgIpc) is 2.33. The molecular formula is C11H11ClFN3O2. The van der Waals surface area contributed by atoms with Crippen molar-refractivity contribution in [2.24, 2.45) is 0 Å². The van der Waals surface area contributed by atoms with Crippen LogP contribution in [0.15, 0.2) is 12.3 Å². The topological polar surface area (TPSA) is 71.1 Å². The van der Waals surface area contributed by atoms with Crippen LogP contribution in [0.2, 0.25) is 0 Å². The molecule has 2 N–H and O–H groups in total. The molecule has 1 aromatic heterocycles. The summed E-state index contributed by atoms with van der Waals surface area (Å²) in [7, 11) is 0. The monoisotopic (exact) mass is 271 g/mol. The van der Waals surface area contributed by atoms with E-state index >= 15 is 0 Å². The van der Waals surface area contributed by atoms with E-state index in [2.05, 4.69) is 15.6 Å². The van der Waals surface area contributed by atoms with Crippen LogP contribution in [-0.4, -0.2) is 22.8 Å². The molecule has 7 heteroatoms. The molecule has 0 aliphatic carbocycles. The number of carbonyl (C=O) groups is 2. The summed E-state index contributed by atoms with van der Waals surface area (Å²) in [5.74, 6) is -1.24. The first kappa shape index (κ1) is 12.8. The lowest BCUT2D eigenvalue weighted by atomic mass is 10.1. The summed E-state index contributed by atoms with van der Waals surface area (Å²) in [6.07, 6.45) is 2.05. The zero-order chi connectivity index (χ0) is 13.1. The number of hydrogen-bond donors (Lipinski definition) is 2. The SMILES string of the molecule is O=C1CCC(Nc2cnc(CCl)c(F)c2)C(=O)N1. The molecular weight excluding hydrogens is 261 g/mol. The molecule has 1 fully saturated rings. The molecule has 2 rings (SSSR count). The standard InChI is InChI=1S/C11H11ClFN3O2/c12-4-9-7(13)3-6(5-14-9)15-8-1-2-10(17)16-11(8)18/h3,5,8,15H,1-2,4H2,(H,16,17,18). The van der Waals surface area contributed by atoms with Gasteiger partial charge in [0.1, 0.15) is 11.9 Å². The number of carbonyl (C=O) groups excluding carboxylic acids is 2. The Kier molecular flexibility index (Phi) is 3.76. The number of anilines is 1. The summed E-state index contributed by atoms with van der Waals surface area (Å²) >= 11 is 5.49. The molecule has 0 spiro atoms. The number of imide groups is 1. The minimum Gasteiger partial charge on any atom is -0.372 e. The molecule has 1 unspecified atom stereocenters. The highest BCUT2D eigenvalue weighted by Crippen LogP contribution is 2.16. The molecule has 18 heavy (non-hydrogen) atoms. The number of alkyl halides is 1. The van der Waals surface area contributed by atoms with E-state index in [1.165, 1.54) is 12.3 Å². The molecule has 1 aliphatic rings. The largest absolute Gasteiger partial charge is 0.372 e. The third-order valence-electron chi connectivity index (χ3n) is 2.62. The number of halogens is 2. The van der Waals surface area contributed by atoms with Gasteiger partial charge in [0.25, 0.3) is 0 Å². The molecule has 0 radical (unpaired) electrons. The molecule has 1 aliphatic heterocycles. The van der Waals surface area contributed by atoms with Gasteiger partial charge in [-0.15, -0.1) is 11.6 Å². The Morgan fingerprint density at radius 3 is 2.94 bits per heavy atom. The van der Waals surface area contributed by atoms with E-state index in [4.69, 9.17) is 11.6 Å². The number of piperidine rings is 1. The Morgan fingerprint density at radius 1 is 1.56 bits per heavy atom. The van der Waals surface area contributed by atoms with Crippen molar-refractivity contribution in [3.63, 3.8) is 0 Å². The Morgan fingerprint density at radius 2 is 2.33 bits per heavy atom. The molecule has 2 amide bonds. The fourth-order valence-corrected chi connectivity index (χ4v) is 1.87. The predicted molar refractivity (Wildman–Crippen MR) is 63.5 cm³/mol. The summed E-state index contributed by atoms with van der Waals surface area (Å²) < 4.78 is 13.4. The average molecular weight is 272 g/mol. The van der Waals surface area contributed by atoms with E-state index in [1.54, 1.807) is 0 Å². The molecule has 1 aromatic rings. The number of rotatable bonds is 3. The first-order valence-corrected chi connectivity index (χ1v) is 5.94. The van der Waals surface area contributed by atoms with Gasteiger partial charge in [0.05, 0.1) is 23.5 Å². The van der Waals surface area contributed by atoms with Gasteiger partial charge in [-0.2, -0.15) is 0 Å². The highest BCUT2D eigenvalue weighted by Gasteiger charge is 2.26. The molecule has 1 saturated heterocycles. The van der Waals surface area contributed by atoms with Crippen LogP contribution in [0.5, 0.6) is 0 Å². The van der Waals surface area contributed by atoms with E-state index < -0.39 is 17.8 Å². The lowest BCUT2D eigenvalue weighted by Gasteiger charge is -2.22. The van der Waals surface area contributed by atoms with Crippen molar-refractivity contribution in [3.05, 3.63) is 23.8 Å². The van der Waals surface area contributed by atoms with Crippen LogP contribution in [0.3, 0.4) is 0 Å². The van der Waals surface area contributed by atoms with Crippen molar-refractivity contribution in [3.8, 4) is 0 Å². The van der Waals surface area contributed by atoms with Crippen molar-refractivity contribution in [2.75, 3.05) is 5.32 Å². The number of nitrogens with one attached hydrogen (secondary N) is 2. The maximum absolute atomic E-state index is 13.4. The number of nitrogens with zero attached hydrogens (tertiary/aromatic N) is 1. The zero-order valence-corrected chi connectivity index (χ0v) is 10.1. The van der Waals surface area contributed by atoms with Crippen LogP contribution in [-0.2, 0) is 15.5 Å². The summed E-state index contributed by atoms with van der Waals surface area (Å²) in [5, 5.41) is 5.04. The van der Waals surface area contributed by atoms with Crippen LogP contribution in [0.1, 0.15) is 18.5 Å². The quantitative estimate of drug-likeness (QED) is 0.640. The van der Waals surface area contributed by atoms with Gasteiger partial charge in [0.2, 0.25) is 11.8 Å². The second kappa shape index (κ2) is 5.30. The molecule has 0 aromatic carbocycles. The maximum atomic E-state index is 13.4. The maximum Gasteiger partial charge on any atom is 0.249 e. The molecule has 0 saturated carbocycles. The number of hydrogen-bond acceptors (Lipinski definition) is 4. The first-order valence-electron chi connectivity index (χ1n) is 5.41. The van der Waals surface area contributed by atoms with Gasteiger partial charge in [-0.1, -0.05) is 0 Å². The Balaban J connectivity index is 2.07. The second-order valence-electron chi connectivity index (χ2n) is 3.93. The van der Waals surface area contributed by atoms with Crippen LogP contribution >= 0.6 is 11.6 Å². The first-order chi connectivity index (χ1) is 8.60. The predicted octanol–water partition coefficient (Wildman–Crippen LogP) is 1.18. The molecule has 96 valence electrons. The summed E-state index contributed by atoms with van der Waals surface area (Å²) in [4.78, 5) is 26.3. The smallest absolute Gasteiger partial charge is 0.249 e. The van der Waals surface area contributed by atoms with E-state index in [9.17, 15) is 14.0 Å². The molecule has 5 nitrogen and oxygen atoms in total. The van der Waals surface area contributed by atoms with Gasteiger partial charge in [-0.05, 0) is 6.42 Å². The zero-order valence-electron chi connectivity index (χ0n) is 9.37. The second-order valence-corrected chi connectivity index (χ2v) is 4.20. The van der Waals surface area contributed by atoms with Gasteiger partial charge in [-0.3, -0.25) is 19.9 Å². The van der Waals surface area contributed by atoms with Crippen LogP contribution in [0, 0.1) is 5.82 Å². The molecule has 1 atom stereocenters.